The molecule has 4 nitrogen and oxygen atoms in total. The van der Waals surface area contributed by atoms with Crippen LogP contribution in [-0.2, 0) is 0 Å². The fourth-order valence-corrected chi connectivity index (χ4v) is 0.616. The number of hydrogen-bond donors (Lipinski definition) is 1. The first-order valence-electron chi connectivity index (χ1n) is 2.58. The summed E-state index contributed by atoms with van der Waals surface area (Å²) < 4.78 is 4.61. The highest BCUT2D eigenvalue weighted by molar-refractivity contribution is 5.98. The molecular weight excluding hydrogens is 134 g/mol. The third-order valence-corrected chi connectivity index (χ3v) is 1.07. The van der Waals surface area contributed by atoms with Gasteiger partial charge in [-0.3, -0.25) is 9.59 Å². The summed E-state index contributed by atoms with van der Waals surface area (Å²) in [5.74, 6) is -0.677. The molecule has 2 N–H and O–H groups in total. The van der Waals surface area contributed by atoms with E-state index in [1.807, 2.05) is 0 Å². The smallest absolute Gasteiger partial charge is 0.252 e. The van der Waals surface area contributed by atoms with Crippen molar-refractivity contribution in [3.05, 3.63) is 23.7 Å². The van der Waals surface area contributed by atoms with Crippen molar-refractivity contribution in [1.29, 1.82) is 0 Å². The lowest BCUT2D eigenvalue weighted by molar-refractivity contribution is 0.0989. The van der Waals surface area contributed by atoms with Crippen LogP contribution in [0.1, 0.15) is 20.9 Å². The van der Waals surface area contributed by atoms with E-state index >= 15 is 0 Å². The van der Waals surface area contributed by atoms with E-state index < -0.39 is 5.91 Å². The Morgan fingerprint density at radius 2 is 2.40 bits per heavy atom. The molecule has 0 fully saturated rings. The molecule has 0 aromatic carbocycles. The molecule has 0 bridgehead atoms. The predicted octanol–water partition coefficient (Wildman–Crippen LogP) is 0.191. The molecule has 0 aliphatic heterocycles. The second kappa shape index (κ2) is 2.34. The Balaban J connectivity index is 3.13. The van der Waals surface area contributed by atoms with Gasteiger partial charge >= 0.3 is 0 Å². The summed E-state index contributed by atoms with van der Waals surface area (Å²) in [5, 5.41) is 0. The second-order valence-electron chi connectivity index (χ2n) is 1.68. The Morgan fingerprint density at radius 1 is 1.70 bits per heavy atom. The van der Waals surface area contributed by atoms with Crippen LogP contribution in [0.15, 0.2) is 16.7 Å². The second-order valence-corrected chi connectivity index (χ2v) is 1.68. The van der Waals surface area contributed by atoms with Crippen molar-refractivity contribution in [2.24, 2.45) is 5.73 Å². The molecule has 0 spiro atoms. The van der Waals surface area contributed by atoms with Crippen molar-refractivity contribution in [1.82, 2.24) is 0 Å². The highest BCUT2D eigenvalue weighted by Crippen LogP contribution is 2.05. The molecule has 1 aromatic heterocycles. The van der Waals surface area contributed by atoms with Crippen molar-refractivity contribution < 1.29 is 14.0 Å². The maximum atomic E-state index is 10.4. The lowest BCUT2D eigenvalue weighted by atomic mass is 10.2. The van der Waals surface area contributed by atoms with Crippen LogP contribution >= 0.6 is 0 Å². The zero-order chi connectivity index (χ0) is 7.56. The van der Waals surface area contributed by atoms with E-state index in [-0.39, 0.29) is 11.3 Å². The molecule has 0 unspecified atom stereocenters. The molecule has 10 heavy (non-hydrogen) atoms. The van der Waals surface area contributed by atoms with Crippen LogP contribution in [-0.4, -0.2) is 12.2 Å². The van der Waals surface area contributed by atoms with Crippen molar-refractivity contribution in [2.45, 2.75) is 0 Å². The molecule has 4 heteroatoms. The summed E-state index contributed by atoms with van der Waals surface area (Å²) in [7, 11) is 0. The van der Waals surface area contributed by atoms with Crippen LogP contribution in [0, 0.1) is 0 Å². The molecule has 1 aromatic rings. The van der Waals surface area contributed by atoms with Crippen molar-refractivity contribution in [2.75, 3.05) is 0 Å². The van der Waals surface area contributed by atoms with Crippen LogP contribution < -0.4 is 5.73 Å². The first-order valence-corrected chi connectivity index (χ1v) is 2.58. The topological polar surface area (TPSA) is 73.3 Å². The quantitative estimate of drug-likeness (QED) is 0.594. The van der Waals surface area contributed by atoms with Gasteiger partial charge in [0.1, 0.15) is 0 Å². The third kappa shape index (κ3) is 0.907. The standard InChI is InChI=1S/C6H5NO3/c7-6(9)4-1-2-10-5(4)3-8/h1-3H,(H2,7,9). The molecule has 0 radical (unpaired) electrons. The van der Waals surface area contributed by atoms with Gasteiger partial charge in [-0.1, -0.05) is 0 Å². The number of aldehydes is 1. The van der Waals surface area contributed by atoms with Gasteiger partial charge < -0.3 is 10.2 Å². The van der Waals surface area contributed by atoms with Gasteiger partial charge in [0, 0.05) is 0 Å². The first-order chi connectivity index (χ1) is 4.75. The monoisotopic (exact) mass is 139 g/mol. The number of furan rings is 1. The van der Waals surface area contributed by atoms with Gasteiger partial charge in [-0.05, 0) is 6.07 Å². The van der Waals surface area contributed by atoms with Gasteiger partial charge in [0.2, 0.25) is 0 Å². The van der Waals surface area contributed by atoms with Gasteiger partial charge in [-0.2, -0.15) is 0 Å². The van der Waals surface area contributed by atoms with Crippen LogP contribution in [0.5, 0.6) is 0 Å². The Bertz CT molecular complexity index is 264. The van der Waals surface area contributed by atoms with Crippen LogP contribution in [0.4, 0.5) is 0 Å². The maximum absolute atomic E-state index is 10.4. The van der Waals surface area contributed by atoms with Crippen LogP contribution in [0.25, 0.3) is 0 Å². The van der Waals surface area contributed by atoms with E-state index in [1.54, 1.807) is 0 Å². The third-order valence-electron chi connectivity index (χ3n) is 1.07. The molecule has 0 saturated carbocycles. The van der Waals surface area contributed by atoms with Gasteiger partial charge in [-0.15, -0.1) is 0 Å². The minimum atomic E-state index is -0.657. The molecule has 1 rings (SSSR count). The Morgan fingerprint density at radius 3 is 2.80 bits per heavy atom. The molecule has 0 aliphatic carbocycles. The van der Waals surface area contributed by atoms with E-state index in [0.29, 0.717) is 6.29 Å². The zero-order valence-electron chi connectivity index (χ0n) is 5.03. The largest absolute Gasteiger partial charge is 0.461 e. The number of carbonyl (C=O) groups excluding carboxylic acids is 2. The Hall–Kier alpha value is -1.58. The number of amides is 1. The molecular formula is C6H5NO3. The van der Waals surface area contributed by atoms with E-state index in [9.17, 15) is 9.59 Å². The fourth-order valence-electron chi connectivity index (χ4n) is 0.616. The lowest BCUT2D eigenvalue weighted by Crippen LogP contribution is -2.11. The van der Waals surface area contributed by atoms with Gasteiger partial charge in [0.25, 0.3) is 5.91 Å². The lowest BCUT2D eigenvalue weighted by Gasteiger charge is -1.85. The number of rotatable bonds is 2. The Kier molecular flexibility index (Phi) is 1.53. The summed E-state index contributed by atoms with van der Waals surface area (Å²) >= 11 is 0. The SMILES string of the molecule is NC(=O)c1ccoc1C=O. The normalized spacial score (nSPS) is 9.20. The molecule has 0 atom stereocenters. The van der Waals surface area contributed by atoms with E-state index in [0.717, 1.165) is 0 Å². The maximum Gasteiger partial charge on any atom is 0.252 e. The summed E-state index contributed by atoms with van der Waals surface area (Å²) in [6.45, 7) is 0. The van der Waals surface area contributed by atoms with Crippen molar-refractivity contribution >= 4 is 12.2 Å². The molecule has 0 saturated heterocycles. The number of nitrogens with two attached hydrogens (primary N) is 1. The van der Waals surface area contributed by atoms with Crippen molar-refractivity contribution in [3.8, 4) is 0 Å². The number of hydrogen-bond acceptors (Lipinski definition) is 3. The van der Waals surface area contributed by atoms with Crippen molar-refractivity contribution in [3.63, 3.8) is 0 Å². The van der Waals surface area contributed by atoms with E-state index in [1.165, 1.54) is 12.3 Å². The highest BCUT2D eigenvalue weighted by Gasteiger charge is 2.08. The minimum absolute atomic E-state index is 0.0208. The molecule has 0 aliphatic rings. The highest BCUT2D eigenvalue weighted by atomic mass is 16.3. The summed E-state index contributed by atoms with van der Waals surface area (Å²) in [5.41, 5.74) is 5.00. The van der Waals surface area contributed by atoms with Gasteiger partial charge in [0.05, 0.1) is 11.8 Å². The summed E-state index contributed by atoms with van der Waals surface area (Å²) in [6, 6.07) is 1.35. The molecule has 1 heterocycles. The number of primary amides is 1. The summed E-state index contributed by atoms with van der Waals surface area (Å²) in [4.78, 5) is 20.5. The first kappa shape index (κ1) is 6.54. The minimum Gasteiger partial charge on any atom is -0.461 e. The number of carbonyl (C=O) groups is 2. The van der Waals surface area contributed by atoms with Gasteiger partial charge in [-0.25, -0.2) is 0 Å². The average molecular weight is 139 g/mol. The zero-order valence-corrected chi connectivity index (χ0v) is 5.03. The van der Waals surface area contributed by atoms with E-state index in [2.05, 4.69) is 4.42 Å². The Labute approximate surface area is 56.6 Å². The van der Waals surface area contributed by atoms with Crippen LogP contribution in [0.3, 0.4) is 0 Å². The average Bonchev–Trinajstić information content (AvgIpc) is 2.33. The fraction of sp³-hybridized carbons (Fsp3) is 0. The van der Waals surface area contributed by atoms with Gasteiger partial charge in [0.15, 0.2) is 12.0 Å². The summed E-state index contributed by atoms with van der Waals surface area (Å²) in [6.07, 6.45) is 1.68. The molecule has 52 valence electrons. The predicted molar refractivity (Wildman–Crippen MR) is 32.6 cm³/mol. The van der Waals surface area contributed by atoms with Crippen LogP contribution in [0.2, 0.25) is 0 Å². The molecule has 1 amide bonds. The van der Waals surface area contributed by atoms with E-state index in [4.69, 9.17) is 5.73 Å².